The van der Waals surface area contributed by atoms with Gasteiger partial charge in [-0.25, -0.2) is 4.79 Å². The van der Waals surface area contributed by atoms with Gasteiger partial charge in [0.25, 0.3) is 0 Å². The molecule has 0 radical (unpaired) electrons. The maximum absolute atomic E-state index is 12.5. The number of amides is 2. The Bertz CT molecular complexity index is 635. The molecule has 6 heteroatoms. The van der Waals surface area contributed by atoms with Crippen LogP contribution >= 0.6 is 0 Å². The average Bonchev–Trinajstić information content (AvgIpc) is 3.28. The normalized spacial score (nSPS) is 20.7. The van der Waals surface area contributed by atoms with E-state index in [0.717, 1.165) is 17.9 Å². The molecule has 2 aliphatic rings. The van der Waals surface area contributed by atoms with Crippen molar-refractivity contribution in [2.75, 3.05) is 23.3 Å². The van der Waals surface area contributed by atoms with Crippen molar-refractivity contribution in [1.82, 2.24) is 5.32 Å². The minimum absolute atomic E-state index is 0.216. The van der Waals surface area contributed by atoms with Crippen LogP contribution in [0, 0.1) is 5.92 Å². The third-order valence-electron chi connectivity index (χ3n) is 4.09. The molecule has 3 rings (SSSR count). The highest BCUT2D eigenvalue weighted by atomic mass is 16.6. The number of rotatable bonds is 3. The number of para-hydroxylation sites is 2. The van der Waals surface area contributed by atoms with Gasteiger partial charge in [0.05, 0.1) is 11.4 Å². The second kappa shape index (κ2) is 6.34. The molecule has 0 spiro atoms. The molecule has 1 aromatic rings. The van der Waals surface area contributed by atoms with E-state index in [9.17, 15) is 9.59 Å². The van der Waals surface area contributed by atoms with Gasteiger partial charge in [-0.3, -0.25) is 4.79 Å². The molecule has 24 heavy (non-hydrogen) atoms. The molecule has 0 saturated heterocycles. The molecule has 0 aromatic heterocycles. The molecule has 1 saturated carbocycles. The van der Waals surface area contributed by atoms with Gasteiger partial charge in [0.1, 0.15) is 11.6 Å². The largest absolute Gasteiger partial charge is 0.444 e. The Morgan fingerprint density at radius 1 is 1.33 bits per heavy atom. The van der Waals surface area contributed by atoms with Crippen molar-refractivity contribution in [3.8, 4) is 0 Å². The Morgan fingerprint density at radius 2 is 2.04 bits per heavy atom. The number of ether oxygens (including phenoxy) is 1. The van der Waals surface area contributed by atoms with Crippen molar-refractivity contribution in [3.05, 3.63) is 24.3 Å². The van der Waals surface area contributed by atoms with E-state index in [0.29, 0.717) is 12.5 Å². The number of benzene rings is 1. The predicted molar refractivity (Wildman–Crippen MR) is 93.2 cm³/mol. The topological polar surface area (TPSA) is 70.7 Å². The lowest BCUT2D eigenvalue weighted by Gasteiger charge is -2.27. The Hall–Kier alpha value is -2.24. The van der Waals surface area contributed by atoms with E-state index < -0.39 is 17.7 Å². The van der Waals surface area contributed by atoms with E-state index in [1.807, 2.05) is 24.3 Å². The second-order valence-corrected chi connectivity index (χ2v) is 7.55. The summed E-state index contributed by atoms with van der Waals surface area (Å²) in [5.41, 5.74) is 1.20. The van der Waals surface area contributed by atoms with E-state index >= 15 is 0 Å². The fourth-order valence-electron chi connectivity index (χ4n) is 2.82. The van der Waals surface area contributed by atoms with E-state index in [1.165, 1.54) is 12.8 Å². The Morgan fingerprint density at radius 3 is 2.71 bits per heavy atom. The lowest BCUT2D eigenvalue weighted by atomic mass is 10.2. The highest BCUT2D eigenvalue weighted by Gasteiger charge is 2.33. The van der Waals surface area contributed by atoms with E-state index in [4.69, 9.17) is 4.74 Å². The molecule has 2 N–H and O–H groups in total. The number of fused-ring (bicyclic) bond motifs is 1. The van der Waals surface area contributed by atoms with Crippen LogP contribution < -0.4 is 15.5 Å². The van der Waals surface area contributed by atoms with Gasteiger partial charge in [-0.1, -0.05) is 12.1 Å². The first kappa shape index (κ1) is 16.6. The number of anilines is 2. The standard InChI is InChI=1S/C18H25N3O3/c1-18(2,3)24-17(23)20-14-11-21(10-12-8-9-12)15-7-5-4-6-13(15)19-16(14)22/h4-7,12,14H,8-11H2,1-3H3,(H,19,22)(H,20,23)/t14-/m0/s1. The summed E-state index contributed by atoms with van der Waals surface area (Å²) in [6.45, 7) is 6.75. The minimum atomic E-state index is -0.647. The zero-order chi connectivity index (χ0) is 17.3. The van der Waals surface area contributed by atoms with Crippen LogP contribution in [0.4, 0.5) is 16.2 Å². The average molecular weight is 331 g/mol. The van der Waals surface area contributed by atoms with Crippen molar-refractivity contribution < 1.29 is 14.3 Å². The van der Waals surface area contributed by atoms with Crippen LogP contribution in [0.2, 0.25) is 0 Å². The molecular formula is C18H25N3O3. The summed E-state index contributed by atoms with van der Waals surface area (Å²) < 4.78 is 5.29. The van der Waals surface area contributed by atoms with Gasteiger partial charge < -0.3 is 20.3 Å². The van der Waals surface area contributed by atoms with Crippen LogP contribution in [0.15, 0.2) is 24.3 Å². The molecular weight excluding hydrogens is 306 g/mol. The number of carbonyl (C=O) groups excluding carboxylic acids is 2. The monoisotopic (exact) mass is 331 g/mol. The molecule has 6 nitrogen and oxygen atoms in total. The van der Waals surface area contributed by atoms with Gasteiger partial charge in [-0.2, -0.15) is 0 Å². The van der Waals surface area contributed by atoms with Crippen molar-refractivity contribution in [3.63, 3.8) is 0 Å². The maximum Gasteiger partial charge on any atom is 0.408 e. The molecule has 1 aromatic carbocycles. The van der Waals surface area contributed by atoms with Crippen molar-refractivity contribution in [1.29, 1.82) is 0 Å². The summed E-state index contributed by atoms with van der Waals surface area (Å²) in [6.07, 6.45) is 1.88. The smallest absolute Gasteiger partial charge is 0.408 e. The highest BCUT2D eigenvalue weighted by Crippen LogP contribution is 2.35. The van der Waals surface area contributed by atoms with Gasteiger partial charge in [0.15, 0.2) is 0 Å². The van der Waals surface area contributed by atoms with Crippen LogP contribution in [0.3, 0.4) is 0 Å². The summed E-state index contributed by atoms with van der Waals surface area (Å²) in [6, 6.07) is 7.12. The third kappa shape index (κ3) is 4.19. The van der Waals surface area contributed by atoms with Crippen molar-refractivity contribution in [2.24, 2.45) is 5.92 Å². The zero-order valence-corrected chi connectivity index (χ0v) is 14.5. The summed E-state index contributed by atoms with van der Waals surface area (Å²) in [5, 5.41) is 5.62. The fourth-order valence-corrected chi connectivity index (χ4v) is 2.82. The first-order chi connectivity index (χ1) is 11.3. The number of nitrogens with zero attached hydrogens (tertiary/aromatic N) is 1. The van der Waals surface area contributed by atoms with Gasteiger partial charge in [0, 0.05) is 13.1 Å². The van der Waals surface area contributed by atoms with Gasteiger partial charge >= 0.3 is 6.09 Å². The van der Waals surface area contributed by atoms with Crippen LogP contribution in [-0.4, -0.2) is 36.7 Å². The second-order valence-electron chi connectivity index (χ2n) is 7.55. The van der Waals surface area contributed by atoms with Crippen molar-refractivity contribution in [2.45, 2.75) is 45.3 Å². The minimum Gasteiger partial charge on any atom is -0.444 e. The summed E-state index contributed by atoms with van der Waals surface area (Å²) in [7, 11) is 0. The first-order valence-corrected chi connectivity index (χ1v) is 8.46. The number of carbonyl (C=O) groups is 2. The molecule has 1 aliphatic heterocycles. The van der Waals surface area contributed by atoms with Crippen LogP contribution in [0.1, 0.15) is 33.6 Å². The van der Waals surface area contributed by atoms with Crippen LogP contribution in [-0.2, 0) is 9.53 Å². The van der Waals surface area contributed by atoms with E-state index in [-0.39, 0.29) is 5.91 Å². The van der Waals surface area contributed by atoms with Gasteiger partial charge in [0.2, 0.25) is 5.91 Å². The van der Waals surface area contributed by atoms with E-state index in [1.54, 1.807) is 20.8 Å². The Kier molecular flexibility index (Phi) is 4.39. The number of alkyl carbamates (subject to hydrolysis) is 1. The molecule has 130 valence electrons. The highest BCUT2D eigenvalue weighted by molar-refractivity contribution is 6.01. The summed E-state index contributed by atoms with van der Waals surface area (Å²) >= 11 is 0. The Balaban J connectivity index is 1.76. The lowest BCUT2D eigenvalue weighted by molar-refractivity contribution is -0.117. The van der Waals surface area contributed by atoms with Gasteiger partial charge in [-0.15, -0.1) is 0 Å². The third-order valence-corrected chi connectivity index (χ3v) is 4.09. The zero-order valence-electron chi connectivity index (χ0n) is 14.5. The molecule has 0 bridgehead atoms. The van der Waals surface area contributed by atoms with Gasteiger partial charge in [-0.05, 0) is 51.7 Å². The van der Waals surface area contributed by atoms with Crippen molar-refractivity contribution >= 4 is 23.4 Å². The number of hydrogen-bond donors (Lipinski definition) is 2. The predicted octanol–water partition coefficient (Wildman–Crippen LogP) is 2.75. The quantitative estimate of drug-likeness (QED) is 0.893. The first-order valence-electron chi connectivity index (χ1n) is 8.46. The molecule has 1 fully saturated rings. The number of nitrogens with one attached hydrogen (secondary N) is 2. The SMILES string of the molecule is CC(C)(C)OC(=O)N[C@H]1CN(CC2CC2)c2ccccc2NC1=O. The molecule has 2 amide bonds. The maximum atomic E-state index is 12.5. The summed E-state index contributed by atoms with van der Waals surface area (Å²) in [5.74, 6) is 0.458. The number of hydrogen-bond acceptors (Lipinski definition) is 4. The van der Waals surface area contributed by atoms with Crippen LogP contribution in [0.25, 0.3) is 0 Å². The molecule has 1 atom stereocenters. The summed E-state index contributed by atoms with van der Waals surface area (Å²) in [4.78, 5) is 26.8. The Labute approximate surface area is 142 Å². The van der Waals surface area contributed by atoms with E-state index in [2.05, 4.69) is 15.5 Å². The molecule has 0 unspecified atom stereocenters. The fraction of sp³-hybridized carbons (Fsp3) is 0.556. The molecule has 1 heterocycles. The molecule has 1 aliphatic carbocycles. The van der Waals surface area contributed by atoms with Crippen LogP contribution in [0.5, 0.6) is 0 Å². The lowest BCUT2D eigenvalue weighted by Crippen LogP contribution is -2.50.